The third-order valence-corrected chi connectivity index (χ3v) is 3.04. The number of nitriles is 1. The monoisotopic (exact) mass is 329 g/mol. The number of ether oxygens (including phenoxy) is 2. The minimum Gasteiger partial charge on any atom is -0.483 e. The third kappa shape index (κ3) is 5.03. The number of amides is 2. The van der Waals surface area contributed by atoms with Crippen LogP contribution in [0.15, 0.2) is 18.2 Å². The van der Waals surface area contributed by atoms with Gasteiger partial charge in [-0.05, 0) is 18.2 Å². The Kier molecular flexibility index (Phi) is 5.28. The maximum Gasteiger partial charge on any atom is 0.422 e. The molecule has 1 saturated heterocycles. The summed E-state index contributed by atoms with van der Waals surface area (Å²) >= 11 is 0. The minimum absolute atomic E-state index is 0.0889. The van der Waals surface area contributed by atoms with Crippen LogP contribution in [0.3, 0.4) is 0 Å². The molecule has 2 amide bonds. The predicted octanol–water partition coefficient (Wildman–Crippen LogP) is 2.36. The molecule has 124 valence electrons. The summed E-state index contributed by atoms with van der Waals surface area (Å²) in [4.78, 5) is 13.6. The summed E-state index contributed by atoms with van der Waals surface area (Å²) in [5.74, 6) is -0.186. The highest BCUT2D eigenvalue weighted by Crippen LogP contribution is 2.25. The first-order chi connectivity index (χ1) is 10.9. The molecule has 0 radical (unpaired) electrons. The van der Waals surface area contributed by atoms with E-state index in [1.165, 1.54) is 18.2 Å². The number of hydrogen-bond donors (Lipinski definition) is 1. The maximum absolute atomic E-state index is 12.2. The van der Waals surface area contributed by atoms with Crippen LogP contribution in [0.25, 0.3) is 0 Å². The van der Waals surface area contributed by atoms with Gasteiger partial charge in [-0.25, -0.2) is 4.79 Å². The van der Waals surface area contributed by atoms with Crippen LogP contribution in [0.4, 0.5) is 23.7 Å². The highest BCUT2D eigenvalue weighted by Gasteiger charge is 2.29. The van der Waals surface area contributed by atoms with E-state index in [0.29, 0.717) is 32.0 Å². The van der Waals surface area contributed by atoms with Gasteiger partial charge in [0, 0.05) is 18.8 Å². The van der Waals surface area contributed by atoms with Gasteiger partial charge in [0.15, 0.2) is 6.61 Å². The van der Waals surface area contributed by atoms with Crippen LogP contribution >= 0.6 is 0 Å². The van der Waals surface area contributed by atoms with E-state index in [1.54, 1.807) is 11.0 Å². The number of rotatable bonds is 3. The molecule has 2 rings (SSSR count). The quantitative estimate of drug-likeness (QED) is 0.924. The average Bonchev–Trinajstić information content (AvgIpc) is 2.53. The normalized spacial score (nSPS) is 15.0. The van der Waals surface area contributed by atoms with Gasteiger partial charge in [0.2, 0.25) is 0 Å². The molecule has 1 aromatic rings. The Morgan fingerprint density at radius 2 is 2.09 bits per heavy atom. The lowest BCUT2D eigenvalue weighted by Gasteiger charge is -2.27. The molecule has 0 aliphatic carbocycles. The highest BCUT2D eigenvalue weighted by molar-refractivity contribution is 5.89. The second-order valence-corrected chi connectivity index (χ2v) is 4.76. The van der Waals surface area contributed by atoms with E-state index in [1.807, 2.05) is 0 Å². The molecule has 6 nitrogen and oxygen atoms in total. The van der Waals surface area contributed by atoms with Crippen molar-refractivity contribution < 1.29 is 27.4 Å². The lowest BCUT2D eigenvalue weighted by Crippen LogP contribution is -2.43. The van der Waals surface area contributed by atoms with E-state index in [4.69, 9.17) is 10.00 Å². The van der Waals surface area contributed by atoms with Crippen molar-refractivity contribution in [1.82, 2.24) is 4.90 Å². The van der Waals surface area contributed by atoms with Gasteiger partial charge in [-0.2, -0.15) is 18.4 Å². The van der Waals surface area contributed by atoms with Crippen molar-refractivity contribution in [1.29, 1.82) is 5.26 Å². The molecule has 1 aliphatic rings. The number of nitrogens with zero attached hydrogens (tertiary/aromatic N) is 2. The first-order valence-corrected chi connectivity index (χ1v) is 6.76. The molecule has 1 aliphatic heterocycles. The van der Waals surface area contributed by atoms with E-state index in [-0.39, 0.29) is 17.3 Å². The van der Waals surface area contributed by atoms with Gasteiger partial charge in [0.25, 0.3) is 0 Å². The fourth-order valence-corrected chi connectivity index (χ4v) is 1.95. The molecule has 1 N–H and O–H groups in total. The Morgan fingerprint density at radius 1 is 1.39 bits per heavy atom. The van der Waals surface area contributed by atoms with E-state index in [2.05, 4.69) is 10.1 Å². The van der Waals surface area contributed by atoms with Crippen LogP contribution in [0.2, 0.25) is 0 Å². The zero-order valence-electron chi connectivity index (χ0n) is 12.0. The van der Waals surface area contributed by atoms with Crippen molar-refractivity contribution in [3.8, 4) is 11.8 Å². The fourth-order valence-electron chi connectivity index (χ4n) is 1.95. The second kappa shape index (κ2) is 7.19. The number of halogens is 3. The standard InChI is InChI=1S/C14H14F3N3O3/c15-14(16,17)9-23-12-2-1-11(7-10(12)8-18)19-13(21)20-3-5-22-6-4-20/h1-2,7H,3-6,9H2,(H,19,21). The smallest absolute Gasteiger partial charge is 0.422 e. The van der Waals surface area contributed by atoms with E-state index < -0.39 is 12.8 Å². The van der Waals surface area contributed by atoms with Gasteiger partial charge in [-0.3, -0.25) is 0 Å². The van der Waals surface area contributed by atoms with E-state index >= 15 is 0 Å². The topological polar surface area (TPSA) is 74.6 Å². The lowest BCUT2D eigenvalue weighted by molar-refractivity contribution is -0.153. The Balaban J connectivity index is 2.03. The predicted molar refractivity (Wildman–Crippen MR) is 74.1 cm³/mol. The molecule has 1 heterocycles. The zero-order valence-corrected chi connectivity index (χ0v) is 12.0. The van der Waals surface area contributed by atoms with Crippen molar-refractivity contribution in [3.63, 3.8) is 0 Å². The van der Waals surface area contributed by atoms with Gasteiger partial charge in [0.05, 0.1) is 18.8 Å². The number of carbonyl (C=O) groups is 1. The molecule has 0 spiro atoms. The first kappa shape index (κ1) is 16.9. The number of anilines is 1. The molecular weight excluding hydrogens is 315 g/mol. The van der Waals surface area contributed by atoms with Crippen LogP contribution in [-0.2, 0) is 4.74 Å². The van der Waals surface area contributed by atoms with Crippen molar-refractivity contribution in [3.05, 3.63) is 23.8 Å². The lowest BCUT2D eigenvalue weighted by atomic mass is 10.2. The second-order valence-electron chi connectivity index (χ2n) is 4.76. The summed E-state index contributed by atoms with van der Waals surface area (Å²) in [6.45, 7) is 0.302. The number of urea groups is 1. The molecule has 0 saturated carbocycles. The largest absolute Gasteiger partial charge is 0.483 e. The number of nitrogens with one attached hydrogen (secondary N) is 1. The fraction of sp³-hybridized carbons (Fsp3) is 0.429. The molecule has 1 fully saturated rings. The van der Waals surface area contributed by atoms with Crippen LogP contribution in [0.5, 0.6) is 5.75 Å². The Morgan fingerprint density at radius 3 is 2.70 bits per heavy atom. The van der Waals surface area contributed by atoms with Crippen molar-refractivity contribution in [2.24, 2.45) is 0 Å². The Labute approximate surface area is 130 Å². The van der Waals surface area contributed by atoms with Gasteiger partial charge >= 0.3 is 12.2 Å². The molecular formula is C14H14F3N3O3. The van der Waals surface area contributed by atoms with Crippen LogP contribution in [0, 0.1) is 11.3 Å². The van der Waals surface area contributed by atoms with Crippen LogP contribution < -0.4 is 10.1 Å². The first-order valence-electron chi connectivity index (χ1n) is 6.76. The summed E-state index contributed by atoms with van der Waals surface area (Å²) in [6.07, 6.45) is -4.49. The molecule has 0 bridgehead atoms. The summed E-state index contributed by atoms with van der Waals surface area (Å²) in [5, 5.41) is 11.6. The van der Waals surface area contributed by atoms with Gasteiger partial charge in [0.1, 0.15) is 11.8 Å². The molecule has 1 aromatic carbocycles. The minimum atomic E-state index is -4.49. The molecule has 9 heteroatoms. The SMILES string of the molecule is N#Cc1cc(NC(=O)N2CCOCC2)ccc1OCC(F)(F)F. The molecule has 0 aromatic heterocycles. The Bertz CT molecular complexity index is 608. The summed E-state index contributed by atoms with van der Waals surface area (Å²) in [7, 11) is 0. The average molecular weight is 329 g/mol. The van der Waals surface area contributed by atoms with Gasteiger partial charge < -0.3 is 19.7 Å². The van der Waals surface area contributed by atoms with Gasteiger partial charge in [-0.1, -0.05) is 0 Å². The van der Waals surface area contributed by atoms with Gasteiger partial charge in [-0.15, -0.1) is 0 Å². The number of alkyl halides is 3. The summed E-state index contributed by atoms with van der Waals surface area (Å²) in [5.41, 5.74) is 0.214. The third-order valence-electron chi connectivity index (χ3n) is 3.04. The Hall–Kier alpha value is -2.47. The number of hydrogen-bond acceptors (Lipinski definition) is 4. The summed E-state index contributed by atoms with van der Waals surface area (Å²) < 4.78 is 46.2. The van der Waals surface area contributed by atoms with Crippen LogP contribution in [0.1, 0.15) is 5.56 Å². The van der Waals surface area contributed by atoms with Crippen LogP contribution in [-0.4, -0.2) is 50.0 Å². The van der Waals surface area contributed by atoms with E-state index in [9.17, 15) is 18.0 Å². The van der Waals surface area contributed by atoms with E-state index in [0.717, 1.165) is 0 Å². The molecule has 0 unspecified atom stereocenters. The van der Waals surface area contributed by atoms with Crippen molar-refractivity contribution in [2.75, 3.05) is 38.2 Å². The maximum atomic E-state index is 12.2. The number of morpholine rings is 1. The summed E-state index contributed by atoms with van der Waals surface area (Å²) in [6, 6.07) is 5.26. The van der Waals surface area contributed by atoms with Crippen molar-refractivity contribution in [2.45, 2.75) is 6.18 Å². The molecule has 0 atom stereocenters. The zero-order chi connectivity index (χ0) is 16.9. The van der Waals surface area contributed by atoms with Crippen molar-refractivity contribution >= 4 is 11.7 Å². The highest BCUT2D eigenvalue weighted by atomic mass is 19.4. The number of benzene rings is 1. The molecule has 23 heavy (non-hydrogen) atoms. The number of carbonyl (C=O) groups excluding carboxylic acids is 1.